The molecule has 19 heavy (non-hydrogen) atoms. The number of nitrogens with zero attached hydrogens (tertiary/aromatic N) is 1. The number of likely N-dealkylation sites (tertiary alicyclic amines) is 1. The maximum absolute atomic E-state index is 12.3. The van der Waals surface area contributed by atoms with Crippen molar-refractivity contribution in [3.8, 4) is 0 Å². The number of ether oxygens (including phenoxy) is 1. The summed E-state index contributed by atoms with van der Waals surface area (Å²) in [6, 6.07) is -0.536. The standard InChI is InChI=1S/C14H26N2O3/c1-6-10(12(17)15-14(2,3)4)16-9-7-8-11(16)13(18)19-5/h10-11H,6-9H2,1-5H3,(H,15,17)/t10-,11-/m1/s1. The fourth-order valence-corrected chi connectivity index (χ4v) is 2.57. The number of hydrogen-bond donors (Lipinski definition) is 1. The zero-order valence-corrected chi connectivity index (χ0v) is 12.7. The van der Waals surface area contributed by atoms with E-state index in [4.69, 9.17) is 4.74 Å². The lowest BCUT2D eigenvalue weighted by Crippen LogP contribution is -2.54. The van der Waals surface area contributed by atoms with Gasteiger partial charge in [-0.15, -0.1) is 0 Å². The Morgan fingerprint density at radius 1 is 1.42 bits per heavy atom. The highest BCUT2D eigenvalue weighted by atomic mass is 16.5. The van der Waals surface area contributed by atoms with Crippen LogP contribution in [0.1, 0.15) is 47.0 Å². The molecule has 5 heteroatoms. The molecule has 0 aliphatic carbocycles. The molecule has 0 aromatic carbocycles. The Balaban J connectivity index is 2.78. The van der Waals surface area contributed by atoms with Crippen LogP contribution in [0.4, 0.5) is 0 Å². The Morgan fingerprint density at radius 2 is 2.05 bits per heavy atom. The SMILES string of the molecule is CC[C@H](C(=O)NC(C)(C)C)N1CCC[C@@H]1C(=O)OC. The van der Waals surface area contributed by atoms with E-state index in [9.17, 15) is 9.59 Å². The van der Waals surface area contributed by atoms with E-state index in [2.05, 4.69) is 5.32 Å². The quantitative estimate of drug-likeness (QED) is 0.783. The predicted molar refractivity (Wildman–Crippen MR) is 73.7 cm³/mol. The van der Waals surface area contributed by atoms with Crippen LogP contribution in [0.5, 0.6) is 0 Å². The summed E-state index contributed by atoms with van der Waals surface area (Å²) in [6.45, 7) is 8.62. The predicted octanol–water partition coefficient (Wildman–Crippen LogP) is 1.32. The third-order valence-corrected chi connectivity index (χ3v) is 3.36. The van der Waals surface area contributed by atoms with Gasteiger partial charge in [0.15, 0.2) is 0 Å². The van der Waals surface area contributed by atoms with Crippen LogP contribution in [0, 0.1) is 0 Å². The zero-order chi connectivity index (χ0) is 14.6. The van der Waals surface area contributed by atoms with Gasteiger partial charge in [0.2, 0.25) is 5.91 Å². The van der Waals surface area contributed by atoms with Gasteiger partial charge < -0.3 is 10.1 Å². The minimum Gasteiger partial charge on any atom is -0.468 e. The van der Waals surface area contributed by atoms with Crippen LogP contribution in [0.3, 0.4) is 0 Å². The molecule has 0 spiro atoms. The summed E-state index contributed by atoms with van der Waals surface area (Å²) >= 11 is 0. The van der Waals surface area contributed by atoms with Crippen molar-refractivity contribution in [2.45, 2.75) is 64.6 Å². The highest BCUT2D eigenvalue weighted by Gasteiger charge is 2.38. The van der Waals surface area contributed by atoms with E-state index in [1.807, 2.05) is 32.6 Å². The summed E-state index contributed by atoms with van der Waals surface area (Å²) < 4.78 is 4.83. The van der Waals surface area contributed by atoms with Gasteiger partial charge in [0.25, 0.3) is 0 Å². The van der Waals surface area contributed by atoms with Gasteiger partial charge in [-0.1, -0.05) is 6.92 Å². The van der Waals surface area contributed by atoms with Gasteiger partial charge in [0.05, 0.1) is 13.2 Å². The molecule has 1 N–H and O–H groups in total. The molecule has 5 nitrogen and oxygen atoms in total. The average molecular weight is 270 g/mol. The van der Waals surface area contributed by atoms with Crippen molar-refractivity contribution in [3.63, 3.8) is 0 Å². The van der Waals surface area contributed by atoms with Crippen molar-refractivity contribution in [2.24, 2.45) is 0 Å². The number of hydrogen-bond acceptors (Lipinski definition) is 4. The molecule has 1 aliphatic heterocycles. The first-order valence-electron chi connectivity index (χ1n) is 6.95. The molecule has 0 aromatic heterocycles. The number of nitrogens with one attached hydrogen (secondary N) is 1. The van der Waals surface area contributed by atoms with Gasteiger partial charge in [-0.25, -0.2) is 0 Å². The third kappa shape index (κ3) is 4.20. The summed E-state index contributed by atoms with van der Waals surface area (Å²) in [6.07, 6.45) is 2.39. The molecule has 0 bridgehead atoms. The van der Waals surface area contributed by atoms with Gasteiger partial charge in [0, 0.05) is 5.54 Å². The van der Waals surface area contributed by atoms with Crippen LogP contribution >= 0.6 is 0 Å². The number of amides is 1. The molecular weight excluding hydrogens is 244 g/mol. The second-order valence-corrected chi connectivity index (χ2v) is 6.08. The van der Waals surface area contributed by atoms with Crippen molar-refractivity contribution >= 4 is 11.9 Å². The van der Waals surface area contributed by atoms with E-state index in [0.29, 0.717) is 6.42 Å². The van der Waals surface area contributed by atoms with Gasteiger partial charge in [-0.2, -0.15) is 0 Å². The fourth-order valence-electron chi connectivity index (χ4n) is 2.57. The first-order valence-corrected chi connectivity index (χ1v) is 6.95. The van der Waals surface area contributed by atoms with E-state index in [-0.39, 0.29) is 29.5 Å². The molecule has 0 unspecified atom stereocenters. The van der Waals surface area contributed by atoms with Crippen molar-refractivity contribution in [1.29, 1.82) is 0 Å². The Kier molecular flexibility index (Phi) is 5.35. The molecule has 0 radical (unpaired) electrons. The Bertz CT molecular complexity index is 336. The van der Waals surface area contributed by atoms with E-state index < -0.39 is 0 Å². The molecule has 1 saturated heterocycles. The molecule has 2 atom stereocenters. The van der Waals surface area contributed by atoms with Crippen LogP contribution in [-0.2, 0) is 14.3 Å². The van der Waals surface area contributed by atoms with Crippen LogP contribution in [0.15, 0.2) is 0 Å². The molecule has 1 fully saturated rings. The molecule has 110 valence electrons. The second kappa shape index (κ2) is 6.37. The third-order valence-electron chi connectivity index (χ3n) is 3.36. The maximum atomic E-state index is 12.3. The lowest BCUT2D eigenvalue weighted by atomic mass is 10.1. The molecule has 1 amide bonds. The largest absolute Gasteiger partial charge is 0.468 e. The van der Waals surface area contributed by atoms with E-state index >= 15 is 0 Å². The highest BCUT2D eigenvalue weighted by Crippen LogP contribution is 2.23. The molecule has 0 aromatic rings. The van der Waals surface area contributed by atoms with Gasteiger partial charge in [0.1, 0.15) is 6.04 Å². The van der Waals surface area contributed by atoms with Crippen LogP contribution < -0.4 is 5.32 Å². The minimum atomic E-state index is -0.277. The van der Waals surface area contributed by atoms with Gasteiger partial charge in [-0.05, 0) is 46.6 Å². The number of rotatable bonds is 4. The highest BCUT2D eigenvalue weighted by molar-refractivity contribution is 5.84. The van der Waals surface area contributed by atoms with Crippen LogP contribution in [-0.4, -0.2) is 48.1 Å². The van der Waals surface area contributed by atoms with Crippen molar-refractivity contribution < 1.29 is 14.3 Å². The number of esters is 1. The molecular formula is C14H26N2O3. The lowest BCUT2D eigenvalue weighted by molar-refractivity contribution is -0.147. The number of methoxy groups -OCH3 is 1. The van der Waals surface area contributed by atoms with Gasteiger partial charge in [-0.3, -0.25) is 14.5 Å². The van der Waals surface area contributed by atoms with E-state index in [0.717, 1.165) is 19.4 Å². The fraction of sp³-hybridized carbons (Fsp3) is 0.857. The Labute approximate surface area is 115 Å². The normalized spacial score (nSPS) is 22.1. The van der Waals surface area contributed by atoms with E-state index in [1.165, 1.54) is 7.11 Å². The topological polar surface area (TPSA) is 58.6 Å². The summed E-state index contributed by atoms with van der Waals surface area (Å²) in [4.78, 5) is 26.1. The number of carbonyl (C=O) groups excluding carboxylic acids is 2. The summed E-state index contributed by atoms with van der Waals surface area (Å²) in [5.74, 6) is -0.245. The minimum absolute atomic E-state index is 0.00852. The van der Waals surface area contributed by atoms with Crippen molar-refractivity contribution in [1.82, 2.24) is 10.2 Å². The summed E-state index contributed by atoms with van der Waals surface area (Å²) in [7, 11) is 1.40. The lowest BCUT2D eigenvalue weighted by Gasteiger charge is -2.32. The van der Waals surface area contributed by atoms with Crippen molar-refractivity contribution in [3.05, 3.63) is 0 Å². The number of carbonyl (C=O) groups is 2. The average Bonchev–Trinajstić information content (AvgIpc) is 2.75. The summed E-state index contributed by atoms with van der Waals surface area (Å²) in [5, 5.41) is 2.99. The molecule has 1 rings (SSSR count). The maximum Gasteiger partial charge on any atom is 0.323 e. The molecule has 1 heterocycles. The first kappa shape index (κ1) is 16.0. The van der Waals surface area contributed by atoms with E-state index in [1.54, 1.807) is 0 Å². The first-order chi connectivity index (χ1) is 8.80. The smallest absolute Gasteiger partial charge is 0.323 e. The van der Waals surface area contributed by atoms with Gasteiger partial charge >= 0.3 is 5.97 Å². The summed E-state index contributed by atoms with van der Waals surface area (Å²) in [5.41, 5.74) is -0.259. The Hall–Kier alpha value is -1.10. The second-order valence-electron chi connectivity index (χ2n) is 6.08. The van der Waals surface area contributed by atoms with Crippen LogP contribution in [0.25, 0.3) is 0 Å². The van der Waals surface area contributed by atoms with Crippen molar-refractivity contribution in [2.75, 3.05) is 13.7 Å². The zero-order valence-electron chi connectivity index (χ0n) is 12.7. The Morgan fingerprint density at radius 3 is 2.53 bits per heavy atom. The van der Waals surface area contributed by atoms with Crippen LogP contribution in [0.2, 0.25) is 0 Å². The molecule has 1 aliphatic rings. The monoisotopic (exact) mass is 270 g/mol. The molecule has 0 saturated carbocycles.